The molecule has 0 aromatic carbocycles. The van der Waals surface area contributed by atoms with Crippen molar-refractivity contribution in [3.05, 3.63) is 22.6 Å². The Morgan fingerprint density at radius 1 is 1.53 bits per heavy atom. The lowest BCUT2D eigenvalue weighted by atomic mass is 9.97. The molecule has 4 heteroatoms. The lowest BCUT2D eigenvalue weighted by Crippen LogP contribution is -2.11. The molecule has 1 aliphatic rings. The molecular weight excluding hydrogens is 190 g/mol. The third kappa shape index (κ3) is 5.45. The summed E-state index contributed by atoms with van der Waals surface area (Å²) in [5, 5.41) is 13.1. The molecule has 1 saturated carbocycles. The molecule has 1 rings (SSSR count). The van der Waals surface area contributed by atoms with E-state index in [1.165, 1.54) is 0 Å². The van der Waals surface area contributed by atoms with E-state index < -0.39 is 0 Å². The molecule has 1 N–H and O–H groups in total. The van der Waals surface area contributed by atoms with Crippen LogP contribution >= 0.6 is 0 Å². The highest BCUT2D eigenvalue weighted by Gasteiger charge is 2.40. The van der Waals surface area contributed by atoms with Gasteiger partial charge in [0.15, 0.2) is 0 Å². The van der Waals surface area contributed by atoms with E-state index in [1.54, 1.807) is 0 Å². The van der Waals surface area contributed by atoms with Gasteiger partial charge in [-0.3, -0.25) is 0 Å². The van der Waals surface area contributed by atoms with Crippen LogP contribution in [0.25, 0.3) is 10.4 Å². The van der Waals surface area contributed by atoms with Gasteiger partial charge in [-0.2, -0.15) is 0 Å². The van der Waals surface area contributed by atoms with Crippen LogP contribution in [0.1, 0.15) is 39.0 Å². The number of hydrogen-bond donors (Lipinski definition) is 1. The van der Waals surface area contributed by atoms with Crippen molar-refractivity contribution in [3.63, 3.8) is 0 Å². The number of aliphatic hydroxyl groups is 1. The first-order valence-corrected chi connectivity index (χ1v) is 5.54. The maximum atomic E-state index is 9.70. The summed E-state index contributed by atoms with van der Waals surface area (Å²) in [6.45, 7) is 2.62. The van der Waals surface area contributed by atoms with Crippen LogP contribution in [-0.2, 0) is 0 Å². The fourth-order valence-electron chi connectivity index (χ4n) is 1.76. The Labute approximate surface area is 90.6 Å². The second-order valence-corrected chi connectivity index (χ2v) is 4.50. The number of allylic oxidation sites excluding steroid dienone is 1. The van der Waals surface area contributed by atoms with Crippen LogP contribution in [0.4, 0.5) is 0 Å². The number of hydrogen-bond acceptors (Lipinski definition) is 2. The summed E-state index contributed by atoms with van der Waals surface area (Å²) in [4.78, 5) is 2.67. The van der Waals surface area contributed by atoms with Crippen molar-refractivity contribution in [1.29, 1.82) is 0 Å². The summed E-state index contributed by atoms with van der Waals surface area (Å²) in [7, 11) is 0. The zero-order valence-corrected chi connectivity index (χ0v) is 9.26. The Bertz CT molecular complexity index is 265. The third-order valence-electron chi connectivity index (χ3n) is 2.80. The lowest BCUT2D eigenvalue weighted by molar-refractivity contribution is 0.119. The molecule has 15 heavy (non-hydrogen) atoms. The Morgan fingerprint density at radius 2 is 2.27 bits per heavy atom. The van der Waals surface area contributed by atoms with Crippen molar-refractivity contribution in [2.24, 2.45) is 11.0 Å². The minimum absolute atomic E-state index is 0.325. The van der Waals surface area contributed by atoms with Crippen molar-refractivity contribution in [2.45, 2.75) is 44.6 Å². The quantitative estimate of drug-likeness (QED) is 0.297. The van der Waals surface area contributed by atoms with Gasteiger partial charge < -0.3 is 5.11 Å². The zero-order valence-electron chi connectivity index (χ0n) is 9.26. The second-order valence-electron chi connectivity index (χ2n) is 4.50. The molecule has 0 saturated heterocycles. The molecule has 0 aromatic rings. The van der Waals surface area contributed by atoms with Crippen LogP contribution < -0.4 is 0 Å². The summed E-state index contributed by atoms with van der Waals surface area (Å²) in [6, 6.07) is 0. The molecule has 0 heterocycles. The van der Waals surface area contributed by atoms with Crippen LogP contribution in [0, 0.1) is 5.92 Å². The van der Waals surface area contributed by atoms with Crippen molar-refractivity contribution in [2.75, 3.05) is 6.54 Å². The van der Waals surface area contributed by atoms with Gasteiger partial charge in [0.2, 0.25) is 0 Å². The minimum Gasteiger partial charge on any atom is -0.390 e. The van der Waals surface area contributed by atoms with Crippen LogP contribution in [0.3, 0.4) is 0 Å². The van der Waals surface area contributed by atoms with Gasteiger partial charge in [0.1, 0.15) is 0 Å². The van der Waals surface area contributed by atoms with Crippen LogP contribution in [0.5, 0.6) is 0 Å². The van der Waals surface area contributed by atoms with Gasteiger partial charge in [0.25, 0.3) is 0 Å². The molecule has 1 atom stereocenters. The van der Waals surface area contributed by atoms with E-state index in [4.69, 9.17) is 5.53 Å². The molecule has 0 amide bonds. The molecule has 84 valence electrons. The van der Waals surface area contributed by atoms with Gasteiger partial charge in [0, 0.05) is 11.5 Å². The van der Waals surface area contributed by atoms with E-state index in [1.807, 2.05) is 12.2 Å². The summed E-state index contributed by atoms with van der Waals surface area (Å²) < 4.78 is 0. The average Bonchev–Trinajstić information content (AvgIpc) is 2.89. The smallest absolute Gasteiger partial charge is 0.0652 e. The minimum atomic E-state index is -0.325. The molecular formula is C11H19N3O. The first kappa shape index (κ1) is 12.1. The van der Waals surface area contributed by atoms with E-state index >= 15 is 0 Å². The number of azide groups is 1. The molecule has 1 unspecified atom stereocenters. The van der Waals surface area contributed by atoms with Crippen molar-refractivity contribution < 1.29 is 5.11 Å². The molecule has 0 spiro atoms. The van der Waals surface area contributed by atoms with E-state index in [0.29, 0.717) is 12.5 Å². The summed E-state index contributed by atoms with van der Waals surface area (Å²) in [5.74, 6) is 0.571. The summed E-state index contributed by atoms with van der Waals surface area (Å²) >= 11 is 0. The van der Waals surface area contributed by atoms with Crippen molar-refractivity contribution >= 4 is 0 Å². The predicted molar refractivity (Wildman–Crippen MR) is 60.4 cm³/mol. The topological polar surface area (TPSA) is 69.0 Å². The monoisotopic (exact) mass is 209 g/mol. The van der Waals surface area contributed by atoms with Crippen LogP contribution in [0.15, 0.2) is 17.3 Å². The number of nitrogens with zero attached hydrogens (tertiary/aromatic N) is 3. The van der Waals surface area contributed by atoms with E-state index in [-0.39, 0.29) is 5.60 Å². The van der Waals surface area contributed by atoms with Crippen LogP contribution in [-0.4, -0.2) is 17.3 Å². The summed E-state index contributed by atoms with van der Waals surface area (Å²) in [5.41, 5.74) is 7.72. The molecule has 0 aliphatic heterocycles. The van der Waals surface area contributed by atoms with Crippen LogP contribution in [0.2, 0.25) is 0 Å². The third-order valence-corrected chi connectivity index (χ3v) is 2.80. The van der Waals surface area contributed by atoms with Gasteiger partial charge >= 0.3 is 0 Å². The highest BCUT2D eigenvalue weighted by Crippen LogP contribution is 2.41. The Hall–Kier alpha value is -0.990. The Morgan fingerprint density at radius 3 is 2.87 bits per heavy atom. The summed E-state index contributed by atoms with van der Waals surface area (Å²) in [6.07, 6.45) is 8.90. The van der Waals surface area contributed by atoms with Crippen molar-refractivity contribution in [1.82, 2.24) is 0 Å². The fourth-order valence-corrected chi connectivity index (χ4v) is 1.76. The number of rotatable bonds is 7. The van der Waals surface area contributed by atoms with Gasteiger partial charge in [-0.25, -0.2) is 0 Å². The predicted octanol–water partition coefficient (Wildman–Crippen LogP) is 3.18. The zero-order chi connectivity index (χ0) is 11.1. The average molecular weight is 209 g/mol. The first-order chi connectivity index (χ1) is 7.16. The normalized spacial score (nSPS) is 19.9. The Kier molecular flexibility index (Phi) is 4.66. The van der Waals surface area contributed by atoms with E-state index in [0.717, 1.165) is 32.1 Å². The molecule has 4 nitrogen and oxygen atoms in total. The molecule has 1 fully saturated rings. The maximum absolute atomic E-state index is 9.70. The molecule has 0 bridgehead atoms. The molecule has 1 aliphatic carbocycles. The highest BCUT2D eigenvalue weighted by molar-refractivity contribution is 4.94. The highest BCUT2D eigenvalue weighted by atomic mass is 16.3. The SMILES string of the molecule is CC(CC/C=C/CN=[N+]=[N-])CC1(O)CC1. The molecule has 0 radical (unpaired) electrons. The van der Waals surface area contributed by atoms with E-state index in [2.05, 4.69) is 16.9 Å². The maximum Gasteiger partial charge on any atom is 0.0652 e. The fraction of sp³-hybridized carbons (Fsp3) is 0.818. The second kappa shape index (κ2) is 5.79. The first-order valence-electron chi connectivity index (χ1n) is 5.54. The van der Waals surface area contributed by atoms with Gasteiger partial charge in [-0.1, -0.05) is 24.2 Å². The largest absolute Gasteiger partial charge is 0.390 e. The van der Waals surface area contributed by atoms with Crippen molar-refractivity contribution in [3.8, 4) is 0 Å². The molecule has 0 aromatic heterocycles. The Balaban J connectivity index is 2.03. The van der Waals surface area contributed by atoms with E-state index in [9.17, 15) is 5.11 Å². The standard InChI is InChI=1S/C11H19N3O/c1-10(9-11(15)6-7-11)5-3-2-4-8-13-14-12/h2,4,10,15H,3,5-9H2,1H3/b4-2+. The van der Waals surface area contributed by atoms with Gasteiger partial charge in [-0.15, -0.1) is 0 Å². The van der Waals surface area contributed by atoms with Gasteiger partial charge in [0.05, 0.1) is 5.60 Å². The lowest BCUT2D eigenvalue weighted by Gasteiger charge is -2.13. The van der Waals surface area contributed by atoms with Gasteiger partial charge in [-0.05, 0) is 43.6 Å².